The number of methoxy groups -OCH3 is 1. The molecule has 0 N–H and O–H groups in total. The second-order valence-corrected chi connectivity index (χ2v) is 5.24. The first-order valence-corrected chi connectivity index (χ1v) is 6.75. The van der Waals surface area contributed by atoms with Crippen LogP contribution in [0.2, 0.25) is 0 Å². The van der Waals surface area contributed by atoms with Gasteiger partial charge in [0.1, 0.15) is 0 Å². The summed E-state index contributed by atoms with van der Waals surface area (Å²) in [5.74, 6) is 2.33. The zero-order valence-corrected chi connectivity index (χ0v) is 11.6. The Balaban J connectivity index is 1.85. The maximum absolute atomic E-state index is 5.74. The van der Waals surface area contributed by atoms with Crippen LogP contribution in [0.25, 0.3) is 0 Å². The van der Waals surface area contributed by atoms with Gasteiger partial charge < -0.3 is 14.1 Å². The summed E-state index contributed by atoms with van der Waals surface area (Å²) in [5.41, 5.74) is 0. The molecule has 0 atom stereocenters. The lowest BCUT2D eigenvalue weighted by Gasteiger charge is -2.29. The van der Waals surface area contributed by atoms with Gasteiger partial charge in [-0.25, -0.2) is 0 Å². The van der Waals surface area contributed by atoms with Crippen LogP contribution in [0, 0.1) is 0 Å². The Morgan fingerprint density at radius 3 is 2.61 bits per heavy atom. The van der Waals surface area contributed by atoms with E-state index in [0.717, 1.165) is 50.9 Å². The van der Waals surface area contributed by atoms with E-state index in [4.69, 9.17) is 9.15 Å². The van der Waals surface area contributed by atoms with Crippen molar-refractivity contribution in [1.82, 2.24) is 15.1 Å². The van der Waals surface area contributed by atoms with Crippen molar-refractivity contribution in [2.45, 2.75) is 38.5 Å². The number of hydrogen-bond acceptors (Lipinski definition) is 5. The predicted molar refractivity (Wildman–Crippen MR) is 68.7 cm³/mol. The lowest BCUT2D eigenvalue weighted by atomic mass is 9.97. The Kier molecular flexibility index (Phi) is 4.72. The number of nitrogens with zero attached hydrogens (tertiary/aromatic N) is 3. The molecular weight excluding hydrogens is 230 g/mol. The van der Waals surface area contributed by atoms with Gasteiger partial charge in [-0.15, -0.1) is 10.2 Å². The number of aromatic nitrogens is 2. The molecule has 2 heterocycles. The van der Waals surface area contributed by atoms with E-state index in [1.54, 1.807) is 7.11 Å². The molecule has 1 aliphatic rings. The van der Waals surface area contributed by atoms with E-state index in [2.05, 4.69) is 28.9 Å². The Morgan fingerprint density at radius 2 is 2.06 bits per heavy atom. The smallest absolute Gasteiger partial charge is 0.219 e. The molecule has 1 aromatic heterocycles. The van der Waals surface area contributed by atoms with Gasteiger partial charge in [-0.2, -0.15) is 0 Å². The number of ether oxygens (including phenoxy) is 1. The summed E-state index contributed by atoms with van der Waals surface area (Å²) < 4.78 is 10.8. The molecule has 0 radical (unpaired) electrons. The minimum atomic E-state index is 0.313. The number of rotatable bonds is 5. The summed E-state index contributed by atoms with van der Waals surface area (Å²) >= 11 is 0. The van der Waals surface area contributed by atoms with Crippen LogP contribution in [0.5, 0.6) is 0 Å². The van der Waals surface area contributed by atoms with Gasteiger partial charge >= 0.3 is 0 Å². The van der Waals surface area contributed by atoms with Crippen LogP contribution in [-0.4, -0.2) is 48.4 Å². The van der Waals surface area contributed by atoms with Gasteiger partial charge in [0.25, 0.3) is 0 Å². The molecule has 0 unspecified atom stereocenters. The lowest BCUT2D eigenvalue weighted by molar-refractivity contribution is 0.126. The third-order valence-corrected chi connectivity index (χ3v) is 3.50. The minimum Gasteiger partial charge on any atom is -0.425 e. The molecule has 5 nitrogen and oxygen atoms in total. The first-order chi connectivity index (χ1) is 8.70. The van der Waals surface area contributed by atoms with E-state index < -0.39 is 0 Å². The molecule has 2 rings (SSSR count). The summed E-state index contributed by atoms with van der Waals surface area (Å²) in [4.78, 5) is 2.43. The maximum Gasteiger partial charge on any atom is 0.219 e. The van der Waals surface area contributed by atoms with Gasteiger partial charge in [0.15, 0.2) is 0 Å². The highest BCUT2D eigenvalue weighted by molar-refractivity contribution is 4.96. The molecule has 0 spiro atoms. The van der Waals surface area contributed by atoms with Gasteiger partial charge in [-0.3, -0.25) is 0 Å². The van der Waals surface area contributed by atoms with E-state index in [0.29, 0.717) is 11.8 Å². The molecular formula is C13H23N3O2. The highest BCUT2D eigenvalue weighted by Gasteiger charge is 2.25. The topological polar surface area (TPSA) is 51.4 Å². The van der Waals surface area contributed by atoms with Crippen LogP contribution in [0.15, 0.2) is 4.42 Å². The fraction of sp³-hybridized carbons (Fsp3) is 0.846. The molecule has 1 aromatic rings. The normalized spacial score (nSPS) is 18.7. The van der Waals surface area contributed by atoms with Crippen molar-refractivity contribution in [3.63, 3.8) is 0 Å². The Hall–Kier alpha value is -0.940. The molecule has 0 bridgehead atoms. The molecule has 1 aliphatic heterocycles. The summed E-state index contributed by atoms with van der Waals surface area (Å²) in [7, 11) is 1.75. The molecule has 1 fully saturated rings. The Bertz CT molecular complexity index is 357. The van der Waals surface area contributed by atoms with E-state index >= 15 is 0 Å². The van der Waals surface area contributed by atoms with Gasteiger partial charge in [-0.05, 0) is 25.9 Å². The van der Waals surface area contributed by atoms with Crippen LogP contribution in [0.1, 0.15) is 50.3 Å². The molecule has 0 aliphatic carbocycles. The first kappa shape index (κ1) is 13.5. The van der Waals surface area contributed by atoms with Gasteiger partial charge in [0, 0.05) is 25.5 Å². The number of likely N-dealkylation sites (tertiary alicyclic amines) is 1. The molecule has 0 aromatic carbocycles. The van der Waals surface area contributed by atoms with Gasteiger partial charge in [0.2, 0.25) is 11.8 Å². The van der Waals surface area contributed by atoms with E-state index in [1.807, 2.05) is 0 Å². The molecule has 0 saturated carbocycles. The second kappa shape index (κ2) is 6.29. The van der Waals surface area contributed by atoms with Crippen molar-refractivity contribution >= 4 is 0 Å². The van der Waals surface area contributed by atoms with Crippen molar-refractivity contribution < 1.29 is 9.15 Å². The van der Waals surface area contributed by atoms with Crippen LogP contribution in [0.4, 0.5) is 0 Å². The van der Waals surface area contributed by atoms with Crippen molar-refractivity contribution in [2.75, 3.05) is 33.4 Å². The van der Waals surface area contributed by atoms with E-state index in [1.165, 1.54) is 0 Å². The summed E-state index contributed by atoms with van der Waals surface area (Å²) in [5, 5.41) is 8.30. The molecule has 1 saturated heterocycles. The highest BCUT2D eigenvalue weighted by atomic mass is 16.5. The van der Waals surface area contributed by atoms with Crippen LogP contribution < -0.4 is 0 Å². The third kappa shape index (κ3) is 3.29. The molecule has 5 heteroatoms. The van der Waals surface area contributed by atoms with Crippen molar-refractivity contribution in [1.29, 1.82) is 0 Å². The summed E-state index contributed by atoms with van der Waals surface area (Å²) in [6.45, 7) is 8.16. The summed E-state index contributed by atoms with van der Waals surface area (Å²) in [6, 6.07) is 0. The zero-order valence-electron chi connectivity index (χ0n) is 11.6. The fourth-order valence-electron chi connectivity index (χ4n) is 2.27. The largest absolute Gasteiger partial charge is 0.425 e. The van der Waals surface area contributed by atoms with Crippen LogP contribution in [0.3, 0.4) is 0 Å². The van der Waals surface area contributed by atoms with Crippen molar-refractivity contribution in [3.05, 3.63) is 11.8 Å². The Labute approximate surface area is 109 Å². The number of hydrogen-bond donors (Lipinski definition) is 0. The lowest BCUT2D eigenvalue weighted by Crippen LogP contribution is -2.35. The SMILES string of the molecule is COCCN1CCC(c2nnc(C(C)C)o2)CC1. The van der Waals surface area contributed by atoms with Gasteiger partial charge in [0.05, 0.1) is 6.61 Å². The van der Waals surface area contributed by atoms with Crippen LogP contribution in [-0.2, 0) is 4.74 Å². The zero-order chi connectivity index (χ0) is 13.0. The third-order valence-electron chi connectivity index (χ3n) is 3.50. The second-order valence-electron chi connectivity index (χ2n) is 5.24. The first-order valence-electron chi connectivity index (χ1n) is 6.75. The molecule has 18 heavy (non-hydrogen) atoms. The summed E-state index contributed by atoms with van der Waals surface area (Å²) in [6.07, 6.45) is 2.20. The minimum absolute atomic E-state index is 0.313. The number of piperidine rings is 1. The van der Waals surface area contributed by atoms with Gasteiger partial charge in [-0.1, -0.05) is 13.8 Å². The fourth-order valence-corrected chi connectivity index (χ4v) is 2.27. The predicted octanol–water partition coefficient (Wildman–Crippen LogP) is 2.02. The Morgan fingerprint density at radius 1 is 1.33 bits per heavy atom. The van der Waals surface area contributed by atoms with Crippen molar-refractivity contribution in [3.8, 4) is 0 Å². The average molecular weight is 253 g/mol. The highest BCUT2D eigenvalue weighted by Crippen LogP contribution is 2.28. The quantitative estimate of drug-likeness (QED) is 0.803. The standard InChI is InChI=1S/C13H23N3O2/c1-10(2)12-14-15-13(18-12)11-4-6-16(7-5-11)8-9-17-3/h10-11H,4-9H2,1-3H3. The average Bonchev–Trinajstić information content (AvgIpc) is 2.87. The van der Waals surface area contributed by atoms with E-state index in [9.17, 15) is 0 Å². The molecule has 102 valence electrons. The van der Waals surface area contributed by atoms with Crippen LogP contribution >= 0.6 is 0 Å². The monoisotopic (exact) mass is 253 g/mol. The molecule has 0 amide bonds. The van der Waals surface area contributed by atoms with Crippen molar-refractivity contribution in [2.24, 2.45) is 0 Å². The van der Waals surface area contributed by atoms with E-state index in [-0.39, 0.29) is 0 Å². The maximum atomic E-state index is 5.74.